The van der Waals surface area contributed by atoms with Gasteiger partial charge in [-0.05, 0) is 38.1 Å². The minimum absolute atomic E-state index is 0.00599. The molecule has 0 radical (unpaired) electrons. The summed E-state index contributed by atoms with van der Waals surface area (Å²) in [5, 5.41) is 2.30. The zero-order valence-corrected chi connectivity index (χ0v) is 12.4. The van der Waals surface area contributed by atoms with E-state index in [0.29, 0.717) is 5.75 Å². The summed E-state index contributed by atoms with van der Waals surface area (Å²) in [7, 11) is -2.39. The van der Waals surface area contributed by atoms with Gasteiger partial charge in [0, 0.05) is 7.05 Å². The standard InChI is InChI=1S/C12H18N2O5S/c1-9(2)19-10-4-6-11(7-5-10)20(16,17)14-18-8-12(15)13-3/h4-7,9,14H,8H2,1-3H3,(H,13,15). The molecule has 2 N–H and O–H groups in total. The van der Waals surface area contributed by atoms with E-state index in [1.807, 2.05) is 18.7 Å². The second kappa shape index (κ2) is 7.22. The van der Waals surface area contributed by atoms with Gasteiger partial charge in [-0.15, -0.1) is 0 Å². The smallest absolute Gasteiger partial charge is 0.262 e. The molecule has 1 aromatic carbocycles. The molecule has 1 rings (SSSR count). The molecule has 1 aromatic rings. The topological polar surface area (TPSA) is 93.7 Å². The lowest BCUT2D eigenvalue weighted by molar-refractivity contribution is -0.126. The van der Waals surface area contributed by atoms with E-state index in [1.54, 1.807) is 12.1 Å². The molecule has 0 aliphatic heterocycles. The molecule has 20 heavy (non-hydrogen) atoms. The molecule has 0 fully saturated rings. The Hall–Kier alpha value is -1.64. The van der Waals surface area contributed by atoms with Crippen LogP contribution < -0.4 is 14.9 Å². The predicted octanol–water partition coefficient (Wildman–Crippen LogP) is 0.430. The maximum atomic E-state index is 11.8. The molecule has 0 saturated heterocycles. The van der Waals surface area contributed by atoms with Gasteiger partial charge in [-0.2, -0.15) is 0 Å². The Balaban J connectivity index is 2.65. The Kier molecular flexibility index (Phi) is 5.93. The first-order valence-electron chi connectivity index (χ1n) is 5.96. The van der Waals surface area contributed by atoms with Crippen LogP contribution in [0.2, 0.25) is 0 Å². The van der Waals surface area contributed by atoms with Gasteiger partial charge in [0.15, 0.2) is 0 Å². The molecule has 0 aromatic heterocycles. The van der Waals surface area contributed by atoms with E-state index in [9.17, 15) is 13.2 Å². The van der Waals surface area contributed by atoms with E-state index in [-0.39, 0.29) is 11.0 Å². The fourth-order valence-corrected chi connectivity index (χ4v) is 2.07. The summed E-state index contributed by atoms with van der Waals surface area (Å²) in [6.45, 7) is 3.35. The molecule has 0 aliphatic rings. The first-order valence-corrected chi connectivity index (χ1v) is 7.44. The number of benzene rings is 1. The highest BCUT2D eigenvalue weighted by Gasteiger charge is 2.15. The van der Waals surface area contributed by atoms with Crippen LogP contribution in [0.15, 0.2) is 29.2 Å². The Morgan fingerprint density at radius 3 is 2.35 bits per heavy atom. The van der Waals surface area contributed by atoms with Gasteiger partial charge < -0.3 is 10.1 Å². The molecule has 0 aliphatic carbocycles. The molecule has 0 unspecified atom stereocenters. The highest BCUT2D eigenvalue weighted by atomic mass is 32.2. The number of ether oxygens (including phenoxy) is 1. The van der Waals surface area contributed by atoms with Gasteiger partial charge in [0.25, 0.3) is 10.0 Å². The second-order valence-electron chi connectivity index (χ2n) is 4.19. The lowest BCUT2D eigenvalue weighted by Crippen LogP contribution is -2.31. The third kappa shape index (κ3) is 5.16. The van der Waals surface area contributed by atoms with Crippen molar-refractivity contribution in [3.05, 3.63) is 24.3 Å². The van der Waals surface area contributed by atoms with Crippen LogP contribution in [-0.2, 0) is 19.7 Å². The van der Waals surface area contributed by atoms with Crippen molar-refractivity contribution in [3.63, 3.8) is 0 Å². The van der Waals surface area contributed by atoms with Gasteiger partial charge in [0.05, 0.1) is 11.0 Å². The van der Waals surface area contributed by atoms with Gasteiger partial charge >= 0.3 is 0 Å². The summed E-state index contributed by atoms with van der Waals surface area (Å²) in [6.07, 6.45) is 0.00599. The van der Waals surface area contributed by atoms with Crippen LogP contribution in [-0.4, -0.2) is 34.1 Å². The van der Waals surface area contributed by atoms with Gasteiger partial charge in [0.1, 0.15) is 12.4 Å². The normalized spacial score (nSPS) is 11.4. The van der Waals surface area contributed by atoms with Crippen molar-refractivity contribution in [1.29, 1.82) is 0 Å². The number of hydrogen-bond donors (Lipinski definition) is 2. The van der Waals surface area contributed by atoms with E-state index >= 15 is 0 Å². The van der Waals surface area contributed by atoms with Crippen molar-refractivity contribution in [2.75, 3.05) is 13.7 Å². The average molecular weight is 302 g/mol. The molecule has 0 atom stereocenters. The lowest BCUT2D eigenvalue weighted by atomic mass is 10.3. The third-order valence-corrected chi connectivity index (χ3v) is 3.39. The van der Waals surface area contributed by atoms with Crippen LogP contribution in [0.25, 0.3) is 0 Å². The largest absolute Gasteiger partial charge is 0.491 e. The highest BCUT2D eigenvalue weighted by molar-refractivity contribution is 7.89. The molecule has 8 heteroatoms. The maximum absolute atomic E-state index is 11.8. The van der Waals surface area contributed by atoms with Gasteiger partial charge in [-0.3, -0.25) is 9.63 Å². The number of likely N-dealkylation sites (N-methyl/N-ethyl adjacent to an activating group) is 1. The zero-order valence-electron chi connectivity index (χ0n) is 11.5. The molecular formula is C12H18N2O5S. The number of rotatable bonds is 7. The Morgan fingerprint density at radius 2 is 1.85 bits per heavy atom. The van der Waals surface area contributed by atoms with Crippen LogP contribution in [0.3, 0.4) is 0 Å². The van der Waals surface area contributed by atoms with E-state index in [0.717, 1.165) is 0 Å². The van der Waals surface area contributed by atoms with Crippen molar-refractivity contribution in [1.82, 2.24) is 10.2 Å². The van der Waals surface area contributed by atoms with E-state index in [2.05, 4.69) is 10.2 Å². The highest BCUT2D eigenvalue weighted by Crippen LogP contribution is 2.16. The summed E-state index contributed by atoms with van der Waals surface area (Å²) in [5.41, 5.74) is 0. The zero-order chi connectivity index (χ0) is 15.2. The van der Waals surface area contributed by atoms with Crippen LogP contribution in [0, 0.1) is 0 Å². The molecule has 1 amide bonds. The monoisotopic (exact) mass is 302 g/mol. The molecule has 112 valence electrons. The first kappa shape index (κ1) is 16.4. The van der Waals surface area contributed by atoms with Crippen LogP contribution in [0.5, 0.6) is 5.75 Å². The fraction of sp³-hybridized carbons (Fsp3) is 0.417. The van der Waals surface area contributed by atoms with Gasteiger partial charge in [0.2, 0.25) is 5.91 Å². The molecule has 0 saturated carbocycles. The van der Waals surface area contributed by atoms with Gasteiger partial charge in [-0.1, -0.05) is 4.89 Å². The number of sulfonamides is 1. The molecule has 7 nitrogen and oxygen atoms in total. The second-order valence-corrected chi connectivity index (χ2v) is 5.83. The van der Waals surface area contributed by atoms with Crippen molar-refractivity contribution >= 4 is 15.9 Å². The van der Waals surface area contributed by atoms with Crippen molar-refractivity contribution < 1.29 is 22.8 Å². The predicted molar refractivity (Wildman–Crippen MR) is 72.5 cm³/mol. The van der Waals surface area contributed by atoms with E-state index in [1.165, 1.54) is 19.2 Å². The number of carbonyl (C=O) groups is 1. The maximum Gasteiger partial charge on any atom is 0.262 e. The fourth-order valence-electron chi connectivity index (χ4n) is 1.26. The SMILES string of the molecule is CNC(=O)CONS(=O)(=O)c1ccc(OC(C)C)cc1. The average Bonchev–Trinajstić information content (AvgIpc) is 2.38. The quantitative estimate of drug-likeness (QED) is 0.712. The minimum Gasteiger partial charge on any atom is -0.491 e. The molecule has 0 bridgehead atoms. The Morgan fingerprint density at radius 1 is 1.25 bits per heavy atom. The lowest BCUT2D eigenvalue weighted by Gasteiger charge is -2.10. The summed E-state index contributed by atoms with van der Waals surface area (Å²) in [4.78, 5) is 17.4. The molecular weight excluding hydrogens is 284 g/mol. The third-order valence-electron chi connectivity index (χ3n) is 2.16. The molecule has 0 spiro atoms. The summed E-state index contributed by atoms with van der Waals surface area (Å²) in [6, 6.07) is 5.88. The summed E-state index contributed by atoms with van der Waals surface area (Å²) < 4.78 is 29.1. The Labute approximate surface area is 118 Å². The van der Waals surface area contributed by atoms with E-state index < -0.39 is 22.5 Å². The van der Waals surface area contributed by atoms with E-state index in [4.69, 9.17) is 4.74 Å². The van der Waals surface area contributed by atoms with Crippen molar-refractivity contribution in [3.8, 4) is 5.75 Å². The van der Waals surface area contributed by atoms with Crippen molar-refractivity contribution in [2.45, 2.75) is 24.8 Å². The van der Waals surface area contributed by atoms with Crippen LogP contribution >= 0.6 is 0 Å². The summed E-state index contributed by atoms with van der Waals surface area (Å²) >= 11 is 0. The van der Waals surface area contributed by atoms with Crippen LogP contribution in [0.1, 0.15) is 13.8 Å². The number of nitrogens with one attached hydrogen (secondary N) is 2. The van der Waals surface area contributed by atoms with Crippen molar-refractivity contribution in [2.24, 2.45) is 0 Å². The number of amides is 1. The first-order chi connectivity index (χ1) is 9.35. The van der Waals surface area contributed by atoms with Gasteiger partial charge in [-0.25, -0.2) is 8.42 Å². The number of hydrogen-bond acceptors (Lipinski definition) is 5. The summed E-state index contributed by atoms with van der Waals surface area (Å²) in [5.74, 6) is 0.138. The molecule has 0 heterocycles. The minimum atomic E-state index is -3.82. The number of carbonyl (C=O) groups excluding carboxylic acids is 1. The van der Waals surface area contributed by atoms with Crippen LogP contribution in [0.4, 0.5) is 0 Å². The Bertz CT molecular complexity index is 539.